The van der Waals surface area contributed by atoms with Crippen LogP contribution in [0.4, 0.5) is 0 Å². The molecule has 7 aliphatic heterocycles. The van der Waals surface area contributed by atoms with Gasteiger partial charge in [-0.15, -0.1) is 0 Å². The molecule has 0 bridgehead atoms. The van der Waals surface area contributed by atoms with Gasteiger partial charge in [0.15, 0.2) is 23.7 Å². The highest BCUT2D eigenvalue weighted by Gasteiger charge is 2.63. The Morgan fingerprint density at radius 2 is 1.55 bits per heavy atom. The molecule has 62 heavy (non-hydrogen) atoms. The smallest absolute Gasteiger partial charge is 0.308 e. The molecule has 7 heterocycles. The molecule has 0 aliphatic carbocycles. The Kier molecular flexibility index (Phi) is 14.3. The lowest BCUT2D eigenvalue weighted by atomic mass is 9.75. The van der Waals surface area contributed by atoms with E-state index in [1.807, 2.05) is 41.5 Å². The molecule has 7 rings (SSSR count). The van der Waals surface area contributed by atoms with Crippen LogP contribution in [0.2, 0.25) is 0 Å². The second kappa shape index (κ2) is 18.2. The highest BCUT2D eigenvalue weighted by Crippen LogP contribution is 2.54. The van der Waals surface area contributed by atoms with Crippen LogP contribution < -0.4 is 0 Å². The molecule has 0 aromatic carbocycles. The van der Waals surface area contributed by atoms with Gasteiger partial charge < -0.3 is 78.0 Å². The van der Waals surface area contributed by atoms with Crippen LogP contribution in [0.15, 0.2) is 0 Å². The molecule has 17 heteroatoms. The number of ether oxygens (including phenoxy) is 10. The van der Waals surface area contributed by atoms with E-state index in [-0.39, 0.29) is 36.6 Å². The second-order valence-electron chi connectivity index (χ2n) is 20.7. The number of methoxy groups -OCH3 is 2. The van der Waals surface area contributed by atoms with Gasteiger partial charge in [0.1, 0.15) is 12.2 Å². The fourth-order valence-corrected chi connectivity index (χ4v) is 12.1. The van der Waals surface area contributed by atoms with Gasteiger partial charge in [-0.3, -0.25) is 4.79 Å². The summed E-state index contributed by atoms with van der Waals surface area (Å²) in [5.41, 5.74) is -1.65. The largest absolute Gasteiger partial charge is 0.481 e. The zero-order chi connectivity index (χ0) is 45.3. The van der Waals surface area contributed by atoms with Crippen molar-refractivity contribution in [2.24, 2.45) is 29.6 Å². The number of aliphatic hydroxyl groups excluding tert-OH is 3. The minimum absolute atomic E-state index is 0.0286. The zero-order valence-corrected chi connectivity index (χ0v) is 38.3. The minimum atomic E-state index is -2.16. The Morgan fingerprint density at radius 1 is 0.823 bits per heavy atom. The average Bonchev–Trinajstić information content (AvgIpc) is 3.92. The topological polar surface area (TPSA) is 231 Å². The van der Waals surface area contributed by atoms with Crippen LogP contribution in [0.5, 0.6) is 0 Å². The van der Waals surface area contributed by atoms with Gasteiger partial charge in [-0.05, 0) is 58.8 Å². The van der Waals surface area contributed by atoms with Gasteiger partial charge in [0, 0.05) is 63.6 Å². The van der Waals surface area contributed by atoms with Crippen LogP contribution in [0, 0.1) is 29.6 Å². The molecule has 7 aliphatic rings. The first-order chi connectivity index (χ1) is 29.0. The number of aliphatic carboxylic acids is 1. The maximum absolute atomic E-state index is 11.8. The minimum Gasteiger partial charge on any atom is -0.481 e. The Morgan fingerprint density at radius 3 is 2.19 bits per heavy atom. The summed E-state index contributed by atoms with van der Waals surface area (Å²) in [4.78, 5) is 11.8. The Hall–Kier alpha value is -1.13. The normalized spacial score (nSPS) is 54.2. The number of carboxylic acids is 1. The predicted molar refractivity (Wildman–Crippen MR) is 218 cm³/mol. The first kappa shape index (κ1) is 48.8. The van der Waals surface area contributed by atoms with Crippen molar-refractivity contribution in [3.8, 4) is 0 Å². The van der Waals surface area contributed by atoms with Crippen molar-refractivity contribution in [1.29, 1.82) is 0 Å². The van der Waals surface area contributed by atoms with Gasteiger partial charge in [0.05, 0.1) is 85.3 Å². The molecule has 0 amide bonds. The van der Waals surface area contributed by atoms with Crippen LogP contribution in [-0.2, 0) is 52.2 Å². The summed E-state index contributed by atoms with van der Waals surface area (Å²) >= 11 is 0. The standard InChI is InChI=1S/C45H76O17/c1-22-17-23(2)45(52,21-46)60-36(22)30-18-31(56-34-12-11-29(53-9)27(6)55-34)40(57-30)42(8)14-13-32(58-42)41(7)15-16-43(62-41)19-28(47)24(3)37(59-43)25(4)38-39(54-10)35(50)26(5)44(51,61-38)20-33(48)49/h22-32,34-40,46-47,50-52H,11-21H2,1-10H3,(H,48,49)/t22-,23+,24+,25-,26-,27+,28-,29-,30+,31-,32+,34-,35-,36-,37-,38-,39+,40+,41-,42-,43+,44+,45-/m0/s1. The molecule has 0 unspecified atom stereocenters. The third kappa shape index (κ3) is 9.02. The van der Waals surface area contributed by atoms with Crippen LogP contribution in [0.1, 0.15) is 120 Å². The quantitative estimate of drug-likeness (QED) is 0.165. The summed E-state index contributed by atoms with van der Waals surface area (Å²) in [6.45, 7) is 14.7. The van der Waals surface area contributed by atoms with E-state index in [4.69, 9.17) is 47.4 Å². The molecule has 0 aromatic rings. The van der Waals surface area contributed by atoms with Gasteiger partial charge in [-0.1, -0.05) is 34.6 Å². The van der Waals surface area contributed by atoms with Crippen molar-refractivity contribution < 1.29 is 82.8 Å². The summed E-state index contributed by atoms with van der Waals surface area (Å²) < 4.78 is 64.9. The Balaban J connectivity index is 1.08. The van der Waals surface area contributed by atoms with E-state index in [1.165, 1.54) is 14.0 Å². The van der Waals surface area contributed by atoms with Gasteiger partial charge in [0.25, 0.3) is 0 Å². The molecule has 7 fully saturated rings. The number of hydrogen-bond donors (Lipinski definition) is 6. The molecule has 1 spiro atoms. The molecule has 358 valence electrons. The predicted octanol–water partition coefficient (Wildman–Crippen LogP) is 3.01. The van der Waals surface area contributed by atoms with Crippen molar-refractivity contribution in [2.45, 2.75) is 228 Å². The maximum atomic E-state index is 11.8. The molecule has 23 atom stereocenters. The lowest BCUT2D eigenvalue weighted by molar-refractivity contribution is -0.363. The second-order valence-corrected chi connectivity index (χ2v) is 20.7. The van der Waals surface area contributed by atoms with E-state index in [1.54, 1.807) is 7.11 Å². The first-order valence-electron chi connectivity index (χ1n) is 23.1. The van der Waals surface area contributed by atoms with Crippen molar-refractivity contribution >= 4 is 5.97 Å². The van der Waals surface area contributed by atoms with Crippen LogP contribution in [-0.4, -0.2) is 166 Å². The fraction of sp³-hybridized carbons (Fsp3) is 0.978. The lowest BCUT2D eigenvalue weighted by Crippen LogP contribution is -2.65. The van der Waals surface area contributed by atoms with E-state index < -0.39 is 127 Å². The van der Waals surface area contributed by atoms with E-state index >= 15 is 0 Å². The maximum Gasteiger partial charge on any atom is 0.308 e. The fourth-order valence-electron chi connectivity index (χ4n) is 12.1. The van der Waals surface area contributed by atoms with Crippen LogP contribution in [0.3, 0.4) is 0 Å². The number of carbonyl (C=O) groups is 1. The van der Waals surface area contributed by atoms with Crippen molar-refractivity contribution in [1.82, 2.24) is 0 Å². The molecule has 0 aromatic heterocycles. The average molecular weight is 889 g/mol. The summed E-state index contributed by atoms with van der Waals surface area (Å²) in [6, 6.07) is 0. The summed E-state index contributed by atoms with van der Waals surface area (Å²) in [7, 11) is 3.12. The molecule has 6 N–H and O–H groups in total. The number of hydrogen-bond acceptors (Lipinski definition) is 16. The van der Waals surface area contributed by atoms with Crippen molar-refractivity contribution in [3.63, 3.8) is 0 Å². The molecule has 7 saturated heterocycles. The lowest BCUT2D eigenvalue weighted by Gasteiger charge is -2.53. The van der Waals surface area contributed by atoms with Crippen molar-refractivity contribution in [3.05, 3.63) is 0 Å². The van der Waals surface area contributed by atoms with E-state index in [0.717, 1.165) is 6.42 Å². The molecular formula is C45H76O17. The Labute approximate surface area is 366 Å². The SMILES string of the molecule is CO[C@@H]1[C@@H](O)[C@H](C)[C@@](O)(CC(=O)O)O[C@H]1[C@@H](C)[C@H]1O[C@@]2(CC[C@@](C)([C@H]3CC[C@@](C)([C@@H]4O[C@@H]([C@H]5O[C@@](O)(CO)[C@H](C)C[C@@H]5C)C[C@@H]4O[C@H]4CC[C@H](OC)[C@@H](C)O4)O3)O2)C[C@H](O)[C@H]1C. The van der Waals surface area contributed by atoms with Gasteiger partial charge in [0.2, 0.25) is 0 Å². The summed E-state index contributed by atoms with van der Waals surface area (Å²) in [5, 5.41) is 65.3. The van der Waals surface area contributed by atoms with Gasteiger partial charge in [-0.2, -0.15) is 0 Å². The van der Waals surface area contributed by atoms with Crippen molar-refractivity contribution in [2.75, 3.05) is 20.8 Å². The summed E-state index contributed by atoms with van der Waals surface area (Å²) in [5.74, 6) is -8.48. The highest BCUT2D eigenvalue weighted by atomic mass is 16.7. The number of rotatable bonds is 12. The highest BCUT2D eigenvalue weighted by molar-refractivity contribution is 5.68. The molecule has 0 saturated carbocycles. The monoisotopic (exact) mass is 889 g/mol. The van der Waals surface area contributed by atoms with E-state index in [2.05, 4.69) is 6.92 Å². The third-order valence-corrected chi connectivity index (χ3v) is 16.3. The van der Waals surface area contributed by atoms with Gasteiger partial charge >= 0.3 is 5.97 Å². The van der Waals surface area contributed by atoms with Crippen LogP contribution >= 0.6 is 0 Å². The van der Waals surface area contributed by atoms with Crippen LogP contribution in [0.25, 0.3) is 0 Å². The number of aliphatic hydroxyl groups is 5. The summed E-state index contributed by atoms with van der Waals surface area (Å²) in [6.07, 6.45) is -3.27. The molecule has 17 nitrogen and oxygen atoms in total. The third-order valence-electron chi connectivity index (χ3n) is 16.3. The van der Waals surface area contributed by atoms with E-state index in [9.17, 15) is 35.4 Å². The molecule has 0 radical (unpaired) electrons. The number of carboxylic acid groups (broad SMARTS) is 1. The Bertz CT molecular complexity index is 1560. The van der Waals surface area contributed by atoms with E-state index in [0.29, 0.717) is 44.9 Å². The van der Waals surface area contributed by atoms with Gasteiger partial charge in [-0.25, -0.2) is 0 Å². The first-order valence-corrected chi connectivity index (χ1v) is 23.1. The molecular weight excluding hydrogens is 812 g/mol. The zero-order valence-electron chi connectivity index (χ0n) is 38.3.